The predicted molar refractivity (Wildman–Crippen MR) is 144 cm³/mol. The van der Waals surface area contributed by atoms with Crippen LogP contribution in [0, 0.1) is 24.5 Å². The lowest BCUT2D eigenvalue weighted by Gasteiger charge is -2.38. The third-order valence-corrected chi connectivity index (χ3v) is 8.18. The Hall–Kier alpha value is -3.44. The summed E-state index contributed by atoms with van der Waals surface area (Å²) >= 11 is 4.48. The van der Waals surface area contributed by atoms with Crippen molar-refractivity contribution in [2.45, 2.75) is 26.3 Å². The zero-order chi connectivity index (χ0) is 27.0. The maximum absolute atomic E-state index is 14.3. The highest BCUT2D eigenvalue weighted by Crippen LogP contribution is 2.31. The van der Waals surface area contributed by atoms with Crippen molar-refractivity contribution in [3.8, 4) is 0 Å². The monoisotopic (exact) mass is 599 g/mol. The van der Waals surface area contributed by atoms with Crippen LogP contribution in [0.25, 0.3) is 0 Å². The highest BCUT2D eigenvalue weighted by atomic mass is 79.9. The molecular weight excluding hydrogens is 576 g/mol. The number of carbonyl (C=O) groups is 2. The fourth-order valence-electron chi connectivity index (χ4n) is 4.45. The van der Waals surface area contributed by atoms with Gasteiger partial charge in [0.15, 0.2) is 0 Å². The number of benzene rings is 2. The quantitative estimate of drug-likeness (QED) is 0.288. The first-order valence-corrected chi connectivity index (χ1v) is 13.6. The minimum absolute atomic E-state index is 0.0852. The summed E-state index contributed by atoms with van der Waals surface area (Å²) in [6, 6.07) is 11.8. The molecule has 2 aromatic carbocycles. The second kappa shape index (κ2) is 10.7. The number of hydrogen-bond donors (Lipinski definition) is 1. The maximum Gasteiger partial charge on any atom is 0.264 e. The Balaban J connectivity index is 1.16. The number of rotatable bonds is 7. The molecule has 38 heavy (non-hydrogen) atoms. The number of thiophene rings is 1. The number of amides is 2. The fourth-order valence-corrected chi connectivity index (χ4v) is 5.82. The van der Waals surface area contributed by atoms with Crippen LogP contribution in [-0.2, 0) is 6.42 Å². The lowest BCUT2D eigenvalue weighted by Crippen LogP contribution is -2.50. The molecule has 11 heteroatoms. The molecule has 0 radical (unpaired) electrons. The number of nitrogens with zero attached hydrogens (tertiary/aromatic N) is 4. The molecule has 0 unspecified atom stereocenters. The van der Waals surface area contributed by atoms with Crippen molar-refractivity contribution in [2.24, 2.45) is 5.92 Å². The largest absolute Gasteiger partial charge is 0.337 e. The van der Waals surface area contributed by atoms with Crippen molar-refractivity contribution < 1.29 is 18.4 Å². The number of aryl methyl sites for hydroxylation is 1. The van der Waals surface area contributed by atoms with Crippen LogP contribution in [0.4, 0.5) is 13.8 Å². The van der Waals surface area contributed by atoms with Gasteiger partial charge in [-0.2, -0.15) is 0 Å². The van der Waals surface area contributed by atoms with Crippen LogP contribution in [-0.4, -0.2) is 44.8 Å². The molecule has 7 nitrogen and oxygen atoms in total. The number of likely N-dealkylation sites (tertiary alicyclic amines) is 1. The molecule has 196 valence electrons. The third-order valence-electron chi connectivity index (χ3n) is 6.54. The molecule has 1 saturated heterocycles. The van der Waals surface area contributed by atoms with E-state index < -0.39 is 11.7 Å². The van der Waals surface area contributed by atoms with Gasteiger partial charge in [-0.3, -0.25) is 9.59 Å². The molecule has 2 amide bonds. The molecule has 0 spiro atoms. The van der Waals surface area contributed by atoms with Crippen molar-refractivity contribution >= 4 is 44.1 Å². The molecule has 4 aromatic rings. The van der Waals surface area contributed by atoms with Crippen molar-refractivity contribution in [1.82, 2.24) is 19.9 Å². The van der Waals surface area contributed by atoms with Gasteiger partial charge in [-0.25, -0.2) is 13.5 Å². The van der Waals surface area contributed by atoms with Gasteiger partial charge in [0, 0.05) is 34.9 Å². The van der Waals surface area contributed by atoms with E-state index in [0.29, 0.717) is 39.4 Å². The fraction of sp³-hybridized carbons (Fsp3) is 0.259. The SMILES string of the molecule is Cc1cc(NC(=O)c2cccc(F)c2)sc1C(=O)N1CC(Cc2cn([C@H](C)c3ccc(Br)cc3F)nn2)C1. The van der Waals surface area contributed by atoms with Crippen LogP contribution in [0.1, 0.15) is 49.8 Å². The van der Waals surface area contributed by atoms with E-state index in [-0.39, 0.29) is 29.2 Å². The van der Waals surface area contributed by atoms with E-state index in [2.05, 4.69) is 31.6 Å². The van der Waals surface area contributed by atoms with Gasteiger partial charge in [0.1, 0.15) is 11.6 Å². The summed E-state index contributed by atoms with van der Waals surface area (Å²) in [5, 5.41) is 11.7. The van der Waals surface area contributed by atoms with E-state index in [0.717, 1.165) is 11.3 Å². The van der Waals surface area contributed by atoms with Crippen molar-refractivity contribution in [3.63, 3.8) is 0 Å². The Morgan fingerprint density at radius 2 is 1.97 bits per heavy atom. The first kappa shape index (κ1) is 26.2. The molecular formula is C27H24BrF2N5O2S. The molecule has 1 aliphatic heterocycles. The summed E-state index contributed by atoms with van der Waals surface area (Å²) in [7, 11) is 0. The van der Waals surface area contributed by atoms with Crippen molar-refractivity contribution in [1.29, 1.82) is 0 Å². The molecule has 3 heterocycles. The van der Waals surface area contributed by atoms with Gasteiger partial charge in [0.2, 0.25) is 0 Å². The van der Waals surface area contributed by atoms with Gasteiger partial charge in [-0.05, 0) is 68.1 Å². The predicted octanol–water partition coefficient (Wildman–Crippen LogP) is 5.87. The minimum atomic E-state index is -0.487. The minimum Gasteiger partial charge on any atom is -0.337 e. The molecule has 0 saturated carbocycles. The second-order valence-corrected chi connectivity index (χ2v) is 11.4. The van der Waals surface area contributed by atoms with Crippen molar-refractivity contribution in [2.75, 3.05) is 18.4 Å². The molecule has 5 rings (SSSR count). The highest BCUT2D eigenvalue weighted by Gasteiger charge is 2.33. The van der Waals surface area contributed by atoms with Gasteiger partial charge < -0.3 is 10.2 Å². The van der Waals surface area contributed by atoms with Crippen LogP contribution in [0.15, 0.2) is 59.2 Å². The molecule has 0 aliphatic carbocycles. The lowest BCUT2D eigenvalue weighted by atomic mass is 9.94. The van der Waals surface area contributed by atoms with Crippen LogP contribution < -0.4 is 5.32 Å². The average Bonchev–Trinajstić information content (AvgIpc) is 3.46. The molecule has 2 aromatic heterocycles. The van der Waals surface area contributed by atoms with Gasteiger partial charge in [0.25, 0.3) is 11.8 Å². The van der Waals surface area contributed by atoms with Gasteiger partial charge in [-0.15, -0.1) is 16.4 Å². The number of anilines is 1. The summed E-state index contributed by atoms with van der Waals surface area (Å²) in [5.74, 6) is -1.07. The van der Waals surface area contributed by atoms with Crippen LogP contribution in [0.2, 0.25) is 0 Å². The van der Waals surface area contributed by atoms with E-state index in [1.165, 1.54) is 41.7 Å². The number of carbonyl (C=O) groups excluding carboxylic acids is 2. The standard InChI is InChI=1S/C27H24BrF2N5O2S/c1-15-8-24(31-26(36)18-4-3-5-20(29)10-18)38-25(15)27(37)34-12-17(13-34)9-21-14-35(33-32-21)16(2)22-7-6-19(28)11-23(22)30/h3-8,10-11,14,16-17H,9,12-13H2,1-2H3,(H,31,36)/t16-/m1/s1. The van der Waals surface area contributed by atoms with Crippen LogP contribution in [0.5, 0.6) is 0 Å². The summed E-state index contributed by atoms with van der Waals surface area (Å²) in [4.78, 5) is 27.8. The first-order valence-electron chi connectivity index (χ1n) is 12.0. The molecule has 1 atom stereocenters. The topological polar surface area (TPSA) is 80.1 Å². The Morgan fingerprint density at radius 3 is 2.71 bits per heavy atom. The number of hydrogen-bond acceptors (Lipinski definition) is 5. The number of nitrogens with one attached hydrogen (secondary N) is 1. The third kappa shape index (κ3) is 5.53. The average molecular weight is 600 g/mol. The van der Waals surface area contributed by atoms with E-state index in [1.54, 1.807) is 27.8 Å². The smallest absolute Gasteiger partial charge is 0.264 e. The van der Waals surface area contributed by atoms with Crippen LogP contribution >= 0.6 is 27.3 Å². The van der Waals surface area contributed by atoms with E-state index in [1.807, 2.05) is 20.0 Å². The highest BCUT2D eigenvalue weighted by molar-refractivity contribution is 9.10. The Labute approximate surface area is 230 Å². The molecule has 1 N–H and O–H groups in total. The Kier molecular flexibility index (Phi) is 7.40. The molecule has 0 bridgehead atoms. The summed E-state index contributed by atoms with van der Waals surface area (Å²) in [6.07, 6.45) is 2.49. The van der Waals surface area contributed by atoms with Gasteiger partial charge in [-0.1, -0.05) is 33.3 Å². The molecule has 1 fully saturated rings. The summed E-state index contributed by atoms with van der Waals surface area (Å²) in [6.45, 7) is 4.87. The first-order chi connectivity index (χ1) is 18.2. The molecule has 1 aliphatic rings. The Bertz CT molecular complexity index is 1510. The van der Waals surface area contributed by atoms with Crippen molar-refractivity contribution in [3.05, 3.63) is 98.1 Å². The van der Waals surface area contributed by atoms with Crippen LogP contribution in [0.3, 0.4) is 0 Å². The maximum atomic E-state index is 14.3. The number of halogens is 3. The normalized spacial score (nSPS) is 14.3. The zero-order valence-corrected chi connectivity index (χ0v) is 23.0. The second-order valence-electron chi connectivity index (χ2n) is 9.40. The summed E-state index contributed by atoms with van der Waals surface area (Å²) < 4.78 is 30.1. The van der Waals surface area contributed by atoms with E-state index in [4.69, 9.17) is 0 Å². The Morgan fingerprint density at radius 1 is 1.18 bits per heavy atom. The van der Waals surface area contributed by atoms with E-state index >= 15 is 0 Å². The van der Waals surface area contributed by atoms with E-state index in [9.17, 15) is 18.4 Å². The zero-order valence-electron chi connectivity index (χ0n) is 20.6. The number of aromatic nitrogens is 3. The van der Waals surface area contributed by atoms with Gasteiger partial charge in [0.05, 0.1) is 21.6 Å². The summed E-state index contributed by atoms with van der Waals surface area (Å²) in [5.41, 5.74) is 2.31. The lowest BCUT2D eigenvalue weighted by molar-refractivity contribution is 0.0504. The van der Waals surface area contributed by atoms with Gasteiger partial charge >= 0.3 is 0 Å².